The molecule has 0 bridgehead atoms. The largest absolute Gasteiger partial charge is 0.317 e. The van der Waals surface area contributed by atoms with Gasteiger partial charge < -0.3 is 4.57 Å². The molecule has 0 atom stereocenters. The Morgan fingerprint density at radius 2 is 2.21 bits per heavy atom. The van der Waals surface area contributed by atoms with E-state index in [2.05, 4.69) is 26.1 Å². The van der Waals surface area contributed by atoms with E-state index in [1.165, 1.54) is 12.1 Å². The Balaban J connectivity index is 2.58. The number of hydrogen-bond donors (Lipinski definition) is 0. The molecule has 3 nitrogen and oxygen atoms in total. The van der Waals surface area contributed by atoms with Gasteiger partial charge in [-0.15, -0.1) is 10.2 Å². The van der Waals surface area contributed by atoms with E-state index >= 15 is 0 Å². The summed E-state index contributed by atoms with van der Waals surface area (Å²) in [6.45, 7) is 0. The van der Waals surface area contributed by atoms with E-state index in [0.717, 1.165) is 5.56 Å². The van der Waals surface area contributed by atoms with Crippen LogP contribution in [0.2, 0.25) is 0 Å². The Labute approximate surface area is 88.7 Å². The summed E-state index contributed by atoms with van der Waals surface area (Å²) < 4.78 is 15.3. The van der Waals surface area contributed by atoms with Crippen LogP contribution >= 0.6 is 15.9 Å². The van der Waals surface area contributed by atoms with Crippen LogP contribution in [0.1, 0.15) is 0 Å². The van der Waals surface area contributed by atoms with Gasteiger partial charge in [-0.25, -0.2) is 4.39 Å². The second kappa shape index (κ2) is 3.49. The standard InChI is InChI=1S/C9H7BrFN3/c1-14-5-12-13-9(14)7-3-2-6(11)4-8(7)10/h2-5H,1H3. The van der Waals surface area contributed by atoms with Crippen molar-refractivity contribution in [3.05, 3.63) is 34.8 Å². The molecule has 2 aromatic rings. The van der Waals surface area contributed by atoms with Crippen LogP contribution < -0.4 is 0 Å². The minimum atomic E-state index is -0.275. The summed E-state index contributed by atoms with van der Waals surface area (Å²) in [6, 6.07) is 4.47. The molecule has 0 radical (unpaired) electrons. The number of rotatable bonds is 1. The highest BCUT2D eigenvalue weighted by atomic mass is 79.9. The summed E-state index contributed by atoms with van der Waals surface area (Å²) >= 11 is 3.28. The third kappa shape index (κ3) is 1.55. The number of hydrogen-bond acceptors (Lipinski definition) is 2. The lowest BCUT2D eigenvalue weighted by atomic mass is 10.2. The van der Waals surface area contributed by atoms with Crippen molar-refractivity contribution in [3.8, 4) is 11.4 Å². The van der Waals surface area contributed by atoms with Crippen LogP contribution in [0.4, 0.5) is 4.39 Å². The maximum atomic E-state index is 12.8. The van der Waals surface area contributed by atoms with E-state index in [1.54, 1.807) is 17.0 Å². The predicted octanol–water partition coefficient (Wildman–Crippen LogP) is 2.38. The van der Waals surface area contributed by atoms with Crippen molar-refractivity contribution >= 4 is 15.9 Å². The molecule has 0 aliphatic carbocycles. The molecule has 1 heterocycles. The third-order valence-corrected chi connectivity index (χ3v) is 2.54. The van der Waals surface area contributed by atoms with Gasteiger partial charge in [0.1, 0.15) is 12.1 Å². The van der Waals surface area contributed by atoms with Gasteiger partial charge in [0.05, 0.1) is 0 Å². The fraction of sp³-hybridized carbons (Fsp3) is 0.111. The highest BCUT2D eigenvalue weighted by Gasteiger charge is 2.08. The minimum Gasteiger partial charge on any atom is -0.317 e. The van der Waals surface area contributed by atoms with Crippen molar-refractivity contribution < 1.29 is 4.39 Å². The molecule has 0 amide bonds. The molecule has 0 aliphatic rings. The zero-order chi connectivity index (χ0) is 10.1. The van der Waals surface area contributed by atoms with Crippen LogP contribution in [-0.2, 0) is 7.05 Å². The Hall–Kier alpha value is -1.23. The highest BCUT2D eigenvalue weighted by molar-refractivity contribution is 9.10. The van der Waals surface area contributed by atoms with Crippen LogP contribution in [0, 0.1) is 5.82 Å². The van der Waals surface area contributed by atoms with Gasteiger partial charge in [0.15, 0.2) is 5.82 Å². The maximum absolute atomic E-state index is 12.8. The highest BCUT2D eigenvalue weighted by Crippen LogP contribution is 2.26. The normalized spacial score (nSPS) is 10.5. The van der Waals surface area contributed by atoms with Crippen LogP contribution in [0.3, 0.4) is 0 Å². The minimum absolute atomic E-state index is 0.275. The zero-order valence-electron chi connectivity index (χ0n) is 7.41. The molecule has 0 fully saturated rings. The first-order valence-corrected chi connectivity index (χ1v) is 4.77. The molecular weight excluding hydrogens is 249 g/mol. The van der Waals surface area contributed by atoms with Gasteiger partial charge in [0.25, 0.3) is 0 Å². The van der Waals surface area contributed by atoms with Gasteiger partial charge in [-0.05, 0) is 34.1 Å². The summed E-state index contributed by atoms with van der Waals surface area (Å²) in [5.41, 5.74) is 0.825. The van der Waals surface area contributed by atoms with Crippen molar-refractivity contribution in [2.24, 2.45) is 7.05 Å². The van der Waals surface area contributed by atoms with E-state index in [0.29, 0.717) is 10.3 Å². The molecule has 0 aliphatic heterocycles. The molecule has 1 aromatic carbocycles. The lowest BCUT2D eigenvalue weighted by Crippen LogP contribution is -1.92. The molecule has 0 saturated carbocycles. The predicted molar refractivity (Wildman–Crippen MR) is 54.1 cm³/mol. The summed E-state index contributed by atoms with van der Waals surface area (Å²) in [5.74, 6) is 0.430. The average molecular weight is 256 g/mol. The van der Waals surface area contributed by atoms with E-state index in [-0.39, 0.29) is 5.82 Å². The van der Waals surface area contributed by atoms with Crippen LogP contribution in [-0.4, -0.2) is 14.8 Å². The smallest absolute Gasteiger partial charge is 0.164 e. The number of benzene rings is 1. The quantitative estimate of drug-likeness (QED) is 0.784. The maximum Gasteiger partial charge on any atom is 0.164 e. The van der Waals surface area contributed by atoms with Gasteiger partial charge in [-0.2, -0.15) is 0 Å². The summed E-state index contributed by atoms with van der Waals surface area (Å²) in [7, 11) is 1.84. The van der Waals surface area contributed by atoms with Crippen molar-refractivity contribution in [3.63, 3.8) is 0 Å². The lowest BCUT2D eigenvalue weighted by Gasteiger charge is -2.02. The monoisotopic (exact) mass is 255 g/mol. The fourth-order valence-electron chi connectivity index (χ4n) is 1.20. The van der Waals surface area contributed by atoms with Crippen molar-refractivity contribution in [1.82, 2.24) is 14.8 Å². The summed E-state index contributed by atoms with van der Waals surface area (Å²) in [5, 5.41) is 7.70. The molecular formula is C9H7BrFN3. The first-order chi connectivity index (χ1) is 6.68. The van der Waals surface area contributed by atoms with Crippen molar-refractivity contribution in [1.29, 1.82) is 0 Å². The Morgan fingerprint density at radius 1 is 1.43 bits per heavy atom. The van der Waals surface area contributed by atoms with Crippen LogP contribution in [0.25, 0.3) is 11.4 Å². The first kappa shape index (κ1) is 9.33. The molecule has 72 valence electrons. The Morgan fingerprint density at radius 3 is 2.79 bits per heavy atom. The van der Waals surface area contributed by atoms with Gasteiger partial charge in [-0.1, -0.05) is 0 Å². The molecule has 0 unspecified atom stereocenters. The lowest BCUT2D eigenvalue weighted by molar-refractivity contribution is 0.627. The third-order valence-electron chi connectivity index (χ3n) is 1.88. The van der Waals surface area contributed by atoms with Gasteiger partial charge >= 0.3 is 0 Å². The molecule has 0 saturated heterocycles. The average Bonchev–Trinajstić information content (AvgIpc) is 2.52. The van der Waals surface area contributed by atoms with E-state index in [1.807, 2.05) is 7.05 Å². The summed E-state index contributed by atoms with van der Waals surface area (Å²) in [6.07, 6.45) is 1.60. The molecule has 0 spiro atoms. The summed E-state index contributed by atoms with van der Waals surface area (Å²) in [4.78, 5) is 0. The number of aryl methyl sites for hydroxylation is 1. The van der Waals surface area contributed by atoms with E-state index in [9.17, 15) is 4.39 Å². The molecule has 5 heteroatoms. The SMILES string of the molecule is Cn1cnnc1-c1ccc(F)cc1Br. The molecule has 14 heavy (non-hydrogen) atoms. The van der Waals surface area contributed by atoms with Gasteiger partial charge in [0.2, 0.25) is 0 Å². The van der Waals surface area contributed by atoms with E-state index < -0.39 is 0 Å². The topological polar surface area (TPSA) is 30.7 Å². The second-order valence-corrected chi connectivity index (χ2v) is 3.74. The second-order valence-electron chi connectivity index (χ2n) is 2.89. The molecule has 2 rings (SSSR count). The van der Waals surface area contributed by atoms with Gasteiger partial charge in [0, 0.05) is 17.1 Å². The number of aromatic nitrogens is 3. The van der Waals surface area contributed by atoms with E-state index in [4.69, 9.17) is 0 Å². The molecule has 1 aromatic heterocycles. The first-order valence-electron chi connectivity index (χ1n) is 3.98. The van der Waals surface area contributed by atoms with Crippen molar-refractivity contribution in [2.75, 3.05) is 0 Å². The van der Waals surface area contributed by atoms with Crippen molar-refractivity contribution in [2.45, 2.75) is 0 Å². The molecule has 0 N–H and O–H groups in total. The Bertz CT molecular complexity index is 467. The fourth-order valence-corrected chi connectivity index (χ4v) is 1.73. The Kier molecular flexibility index (Phi) is 2.33. The zero-order valence-corrected chi connectivity index (χ0v) is 8.99. The number of halogens is 2. The van der Waals surface area contributed by atoms with Crippen LogP contribution in [0.5, 0.6) is 0 Å². The van der Waals surface area contributed by atoms with Crippen LogP contribution in [0.15, 0.2) is 29.0 Å². The van der Waals surface area contributed by atoms with Gasteiger partial charge in [-0.3, -0.25) is 0 Å². The number of nitrogens with zero attached hydrogens (tertiary/aromatic N) is 3.